The number of carbonyl (C=O) groups is 4. The van der Waals surface area contributed by atoms with Gasteiger partial charge in [-0.25, -0.2) is 0 Å². The molecule has 0 amide bonds. The molecule has 12 heteroatoms. The van der Waals surface area contributed by atoms with E-state index in [1.54, 1.807) is 6.92 Å². The second kappa shape index (κ2) is 18.4. The largest absolute Gasteiger partial charge is 1.00 e. The highest BCUT2D eigenvalue weighted by atomic mass is 35.5. The fourth-order valence-corrected chi connectivity index (χ4v) is 3.59. The molecule has 0 heterocycles. The third-order valence-electron chi connectivity index (χ3n) is 6.04. The van der Waals surface area contributed by atoms with Crippen molar-refractivity contribution in [3.8, 4) is 0 Å². The van der Waals surface area contributed by atoms with Gasteiger partial charge < -0.3 is 45.8 Å². The number of esters is 3. The van der Waals surface area contributed by atoms with Crippen molar-refractivity contribution in [3.63, 3.8) is 0 Å². The molecule has 0 saturated carbocycles. The third kappa shape index (κ3) is 17.5. The van der Waals surface area contributed by atoms with E-state index < -0.39 is 47.5 Å². The average Bonchev–Trinajstić information content (AvgIpc) is 2.76. The highest BCUT2D eigenvalue weighted by Crippen LogP contribution is 2.28. The SMILES string of the molecule is CCC(CC(CC(CC(C)C(=O)OCCO)C(=O)O)C(=O)OCC[N+](C)(C)C)C(=O)OCC[N+](C)(C)C.[Cl-]. The molecule has 0 radical (unpaired) electrons. The molecular weight excluding hydrogens is 520 g/mol. The summed E-state index contributed by atoms with van der Waals surface area (Å²) in [4.78, 5) is 50.0. The molecular formula is C26H50ClN2O9+. The summed E-state index contributed by atoms with van der Waals surface area (Å²) in [7, 11) is 11.8. The number of likely N-dealkylation sites (N-methyl/N-ethyl adjacent to an activating group) is 2. The Hall–Kier alpha value is -1.95. The molecule has 0 bridgehead atoms. The van der Waals surface area contributed by atoms with Gasteiger partial charge in [-0.15, -0.1) is 0 Å². The Morgan fingerprint density at radius 1 is 0.684 bits per heavy atom. The van der Waals surface area contributed by atoms with E-state index in [1.165, 1.54) is 0 Å². The predicted octanol–water partition coefficient (Wildman–Crippen LogP) is -1.83. The molecule has 0 aromatic heterocycles. The first-order chi connectivity index (χ1) is 17.0. The maximum atomic E-state index is 13.1. The maximum absolute atomic E-state index is 13.1. The molecule has 0 aliphatic carbocycles. The fraction of sp³-hybridized carbons (Fsp3) is 0.846. The van der Waals surface area contributed by atoms with E-state index in [-0.39, 0.29) is 58.1 Å². The van der Waals surface area contributed by atoms with Crippen molar-refractivity contribution in [2.75, 3.05) is 81.8 Å². The lowest BCUT2D eigenvalue weighted by molar-refractivity contribution is -0.870. The zero-order valence-corrected chi connectivity index (χ0v) is 25.2. The topological polar surface area (TPSA) is 136 Å². The number of quaternary nitrogens is 2. The Bertz CT molecular complexity index is 735. The van der Waals surface area contributed by atoms with Crippen LogP contribution < -0.4 is 12.4 Å². The Labute approximate surface area is 234 Å². The highest BCUT2D eigenvalue weighted by Gasteiger charge is 2.34. The van der Waals surface area contributed by atoms with Crippen LogP contribution in [0.4, 0.5) is 0 Å². The van der Waals surface area contributed by atoms with Crippen molar-refractivity contribution in [1.82, 2.24) is 0 Å². The fourth-order valence-electron chi connectivity index (χ4n) is 3.59. The number of ether oxygens (including phenoxy) is 3. The molecule has 4 unspecified atom stereocenters. The van der Waals surface area contributed by atoms with E-state index in [0.29, 0.717) is 28.5 Å². The van der Waals surface area contributed by atoms with Crippen molar-refractivity contribution in [1.29, 1.82) is 0 Å². The number of hydrogen-bond donors (Lipinski definition) is 2. The molecule has 0 spiro atoms. The molecule has 0 saturated heterocycles. The summed E-state index contributed by atoms with van der Waals surface area (Å²) in [6, 6.07) is 0. The number of halogens is 1. The molecule has 38 heavy (non-hydrogen) atoms. The molecule has 224 valence electrons. The van der Waals surface area contributed by atoms with Crippen LogP contribution in [0.25, 0.3) is 0 Å². The minimum atomic E-state index is -1.15. The van der Waals surface area contributed by atoms with Gasteiger partial charge in [0.25, 0.3) is 0 Å². The molecule has 11 nitrogen and oxygen atoms in total. The standard InChI is InChI=1S/C26H49N2O9.ClH/c1-9-20(25(33)35-13-10-27(3,4)5)17-22(26(34)36-14-11-28(6,7)8)18-21(23(30)31)16-19(2)24(32)37-15-12-29;/h19-22,29H,9-18H2,1-8H3;1H/q+1;. The number of aliphatic hydroxyl groups excluding tert-OH is 1. The van der Waals surface area contributed by atoms with Gasteiger partial charge in [0.2, 0.25) is 0 Å². The number of rotatable bonds is 19. The van der Waals surface area contributed by atoms with Crippen LogP contribution in [0.2, 0.25) is 0 Å². The number of carboxylic acids is 1. The number of carboxylic acid groups (broad SMARTS) is 1. The number of nitrogens with zero attached hydrogens (tertiary/aromatic N) is 2. The minimum Gasteiger partial charge on any atom is -1.00 e. The van der Waals surface area contributed by atoms with Crippen LogP contribution >= 0.6 is 0 Å². The maximum Gasteiger partial charge on any atom is 0.309 e. The molecule has 0 rings (SSSR count). The van der Waals surface area contributed by atoms with Gasteiger partial charge in [0, 0.05) is 0 Å². The quantitative estimate of drug-likeness (QED) is 0.105. The van der Waals surface area contributed by atoms with Gasteiger partial charge in [0.15, 0.2) is 0 Å². The molecule has 2 N–H and O–H groups in total. The summed E-state index contributed by atoms with van der Waals surface area (Å²) in [6.07, 6.45) is 0.384. The van der Waals surface area contributed by atoms with Gasteiger partial charge in [-0.1, -0.05) is 13.8 Å². The van der Waals surface area contributed by atoms with Gasteiger partial charge in [-0.05, 0) is 25.7 Å². The lowest BCUT2D eigenvalue weighted by Gasteiger charge is -2.27. The van der Waals surface area contributed by atoms with Crippen molar-refractivity contribution >= 4 is 23.9 Å². The molecule has 0 aliphatic heterocycles. The monoisotopic (exact) mass is 569 g/mol. The first-order valence-electron chi connectivity index (χ1n) is 12.9. The Morgan fingerprint density at radius 2 is 1.11 bits per heavy atom. The molecule has 0 aromatic carbocycles. The first-order valence-corrected chi connectivity index (χ1v) is 12.9. The van der Waals surface area contributed by atoms with E-state index in [2.05, 4.69) is 0 Å². The summed E-state index contributed by atoms with van der Waals surface area (Å²) in [5.74, 6) is -5.97. The second-order valence-corrected chi connectivity index (χ2v) is 11.7. The number of hydrogen-bond acceptors (Lipinski definition) is 8. The van der Waals surface area contributed by atoms with Crippen molar-refractivity contribution in [2.24, 2.45) is 23.7 Å². The zero-order valence-electron chi connectivity index (χ0n) is 24.4. The second-order valence-electron chi connectivity index (χ2n) is 11.7. The van der Waals surface area contributed by atoms with Crippen LogP contribution in [0, 0.1) is 23.7 Å². The third-order valence-corrected chi connectivity index (χ3v) is 6.04. The summed E-state index contributed by atoms with van der Waals surface area (Å²) in [5, 5.41) is 18.7. The molecule has 4 atom stereocenters. The minimum absolute atomic E-state index is 0. The molecule has 0 aliphatic rings. The average molecular weight is 570 g/mol. The van der Waals surface area contributed by atoms with Crippen LogP contribution in [0.5, 0.6) is 0 Å². The summed E-state index contributed by atoms with van der Waals surface area (Å²) in [6.45, 7) is 4.46. The Balaban J connectivity index is 0. The van der Waals surface area contributed by atoms with Crippen LogP contribution in [0.1, 0.15) is 39.5 Å². The first kappa shape index (κ1) is 38.2. The normalized spacial score (nSPS) is 14.9. The van der Waals surface area contributed by atoms with E-state index in [0.717, 1.165) is 0 Å². The van der Waals surface area contributed by atoms with E-state index in [4.69, 9.17) is 19.3 Å². The smallest absolute Gasteiger partial charge is 0.309 e. The van der Waals surface area contributed by atoms with Gasteiger partial charge in [0.05, 0.1) is 72.6 Å². The van der Waals surface area contributed by atoms with Crippen molar-refractivity contribution in [3.05, 3.63) is 0 Å². The van der Waals surface area contributed by atoms with E-state index >= 15 is 0 Å². The van der Waals surface area contributed by atoms with Gasteiger partial charge in [-0.2, -0.15) is 0 Å². The highest BCUT2D eigenvalue weighted by molar-refractivity contribution is 5.78. The van der Waals surface area contributed by atoms with Gasteiger partial charge >= 0.3 is 23.9 Å². The molecule has 0 fully saturated rings. The number of aliphatic hydroxyl groups is 1. The van der Waals surface area contributed by atoms with Crippen molar-refractivity contribution < 1.29 is 65.0 Å². The predicted molar refractivity (Wildman–Crippen MR) is 137 cm³/mol. The van der Waals surface area contributed by atoms with E-state index in [9.17, 15) is 24.3 Å². The lowest BCUT2D eigenvalue weighted by atomic mass is 9.82. The van der Waals surface area contributed by atoms with Crippen molar-refractivity contribution in [2.45, 2.75) is 39.5 Å². The van der Waals surface area contributed by atoms with E-state index in [1.807, 2.05) is 49.2 Å². The summed E-state index contributed by atoms with van der Waals surface area (Å²) >= 11 is 0. The molecule has 0 aromatic rings. The van der Waals surface area contributed by atoms with Gasteiger partial charge in [-0.3, -0.25) is 19.2 Å². The van der Waals surface area contributed by atoms with Crippen LogP contribution in [-0.4, -0.2) is 125 Å². The van der Waals surface area contributed by atoms with Crippen LogP contribution in [0.3, 0.4) is 0 Å². The Morgan fingerprint density at radius 3 is 1.50 bits per heavy atom. The Kier molecular flexibility index (Phi) is 18.5. The summed E-state index contributed by atoms with van der Waals surface area (Å²) in [5.41, 5.74) is 0. The van der Waals surface area contributed by atoms with Crippen LogP contribution in [-0.2, 0) is 33.4 Å². The number of carbonyl (C=O) groups excluding carboxylic acids is 3. The summed E-state index contributed by atoms with van der Waals surface area (Å²) < 4.78 is 17.1. The van der Waals surface area contributed by atoms with Gasteiger partial charge in [0.1, 0.15) is 32.9 Å². The van der Waals surface area contributed by atoms with Crippen LogP contribution in [0.15, 0.2) is 0 Å². The zero-order chi connectivity index (χ0) is 28.8. The lowest BCUT2D eigenvalue weighted by Crippen LogP contribution is -3.00. The number of aliphatic carboxylic acids is 1.